The quantitative estimate of drug-likeness (QED) is 0.384. The molecule has 0 bridgehead atoms. The predicted molar refractivity (Wildman–Crippen MR) is 137 cm³/mol. The van der Waals surface area contributed by atoms with Crippen molar-refractivity contribution in [3.8, 4) is 22.8 Å². The van der Waals surface area contributed by atoms with Crippen molar-refractivity contribution in [2.24, 2.45) is 0 Å². The number of carbonyl (C=O) groups excluding carboxylic acids is 1. The van der Waals surface area contributed by atoms with E-state index in [0.717, 1.165) is 31.6 Å². The number of hydrogen-bond acceptors (Lipinski definition) is 7. The lowest BCUT2D eigenvalue weighted by Gasteiger charge is -2.36. The Balaban J connectivity index is 1.24. The first-order chi connectivity index (χ1) is 18.2. The molecule has 1 aliphatic heterocycles. The number of alkyl halides is 3. The molecule has 38 heavy (non-hydrogen) atoms. The number of carbonyl (C=O) groups is 1. The third kappa shape index (κ3) is 6.97. The summed E-state index contributed by atoms with van der Waals surface area (Å²) in [6.07, 6.45) is -3.63. The first-order valence-corrected chi connectivity index (χ1v) is 12.4. The van der Waals surface area contributed by atoms with Crippen LogP contribution in [0.3, 0.4) is 0 Å². The van der Waals surface area contributed by atoms with Crippen LogP contribution in [0.1, 0.15) is 22.5 Å². The average molecular weight is 533 g/mol. The summed E-state index contributed by atoms with van der Waals surface area (Å²) in [5, 5.41) is 7.03. The van der Waals surface area contributed by atoms with E-state index >= 15 is 0 Å². The lowest BCUT2D eigenvalue weighted by atomic mass is 10.1. The Labute approximate surface area is 219 Å². The van der Waals surface area contributed by atoms with E-state index in [1.807, 2.05) is 17.0 Å². The number of aromatic nitrogens is 1. The van der Waals surface area contributed by atoms with Crippen LogP contribution in [0.2, 0.25) is 0 Å². The maximum absolute atomic E-state index is 12.9. The molecular formula is C27H31F3N4O4. The Kier molecular flexibility index (Phi) is 8.77. The van der Waals surface area contributed by atoms with Gasteiger partial charge < -0.3 is 24.2 Å². The standard InChI is InChI=1S/C27H31F3N4O4/c1-19-24(25(32-38-19)20-8-10-21(36-2)11-9-20)26(35)31-12-5-13-33-14-16-34(17-15-33)22-6-3-4-7-23(22)37-18-27(28,29)30/h3-4,6-11H,5,12-18H2,1-2H3,(H,31,35). The van der Waals surface area contributed by atoms with Crippen molar-refractivity contribution in [1.82, 2.24) is 15.4 Å². The summed E-state index contributed by atoms with van der Waals surface area (Å²) in [4.78, 5) is 17.2. The van der Waals surface area contributed by atoms with Crippen molar-refractivity contribution in [1.29, 1.82) is 0 Å². The summed E-state index contributed by atoms with van der Waals surface area (Å²) in [6.45, 7) is 4.52. The minimum Gasteiger partial charge on any atom is -0.497 e. The maximum Gasteiger partial charge on any atom is 0.422 e. The molecule has 1 N–H and O–H groups in total. The zero-order valence-electron chi connectivity index (χ0n) is 21.4. The molecule has 1 saturated heterocycles. The van der Waals surface area contributed by atoms with Crippen molar-refractivity contribution >= 4 is 11.6 Å². The SMILES string of the molecule is COc1ccc(-c2noc(C)c2C(=O)NCCCN2CCN(c3ccccc3OCC(F)(F)F)CC2)cc1. The first kappa shape index (κ1) is 27.3. The number of aryl methyl sites for hydroxylation is 1. The van der Waals surface area contributed by atoms with Crippen molar-refractivity contribution in [2.45, 2.75) is 19.5 Å². The fraction of sp³-hybridized carbons (Fsp3) is 0.407. The predicted octanol–water partition coefficient (Wildman–Crippen LogP) is 4.54. The lowest BCUT2D eigenvalue weighted by Crippen LogP contribution is -2.47. The highest BCUT2D eigenvalue weighted by Gasteiger charge is 2.29. The largest absolute Gasteiger partial charge is 0.497 e. The second-order valence-electron chi connectivity index (χ2n) is 9.00. The van der Waals surface area contributed by atoms with Crippen LogP contribution >= 0.6 is 0 Å². The molecule has 0 saturated carbocycles. The van der Waals surface area contributed by atoms with Gasteiger partial charge in [-0.2, -0.15) is 13.2 Å². The van der Waals surface area contributed by atoms with E-state index in [-0.39, 0.29) is 11.7 Å². The highest BCUT2D eigenvalue weighted by molar-refractivity contribution is 6.00. The fourth-order valence-corrected chi connectivity index (χ4v) is 4.39. The van der Waals surface area contributed by atoms with Gasteiger partial charge in [-0.05, 0) is 56.3 Å². The van der Waals surface area contributed by atoms with Crippen molar-refractivity contribution in [3.63, 3.8) is 0 Å². The van der Waals surface area contributed by atoms with Gasteiger partial charge >= 0.3 is 6.18 Å². The molecular weight excluding hydrogens is 501 g/mol. The highest BCUT2D eigenvalue weighted by Crippen LogP contribution is 2.30. The van der Waals surface area contributed by atoms with Crippen LogP contribution in [0.4, 0.5) is 18.9 Å². The Morgan fingerprint density at radius 3 is 2.47 bits per heavy atom. The summed E-state index contributed by atoms with van der Waals surface area (Å²) in [5.41, 5.74) is 2.32. The second kappa shape index (κ2) is 12.2. The maximum atomic E-state index is 12.9. The Hall–Kier alpha value is -3.73. The van der Waals surface area contributed by atoms with Gasteiger partial charge in [-0.1, -0.05) is 17.3 Å². The Morgan fingerprint density at radius 1 is 1.08 bits per heavy atom. The number of anilines is 1. The van der Waals surface area contributed by atoms with Gasteiger partial charge in [0.15, 0.2) is 6.61 Å². The summed E-state index contributed by atoms with van der Waals surface area (Å²) >= 11 is 0. The van der Waals surface area contributed by atoms with Crippen LogP contribution in [0.5, 0.6) is 11.5 Å². The van der Waals surface area contributed by atoms with Gasteiger partial charge in [0.2, 0.25) is 0 Å². The van der Waals surface area contributed by atoms with Crippen LogP contribution in [-0.4, -0.2) is 75.1 Å². The third-order valence-electron chi connectivity index (χ3n) is 6.36. The number of ether oxygens (including phenoxy) is 2. The van der Waals surface area contributed by atoms with Crippen molar-refractivity contribution < 1.29 is 32.0 Å². The number of benzene rings is 2. The number of para-hydroxylation sites is 2. The number of nitrogens with one attached hydrogen (secondary N) is 1. The molecule has 8 nitrogen and oxygen atoms in total. The van der Waals surface area contributed by atoms with Crippen LogP contribution in [0.25, 0.3) is 11.3 Å². The summed E-state index contributed by atoms with van der Waals surface area (Å²) in [7, 11) is 1.59. The van der Waals surface area contributed by atoms with Crippen LogP contribution < -0.4 is 19.7 Å². The molecule has 1 aromatic heterocycles. The second-order valence-corrected chi connectivity index (χ2v) is 9.00. The summed E-state index contributed by atoms with van der Waals surface area (Å²) in [5.74, 6) is 1.15. The number of piperazine rings is 1. The molecule has 11 heteroatoms. The van der Waals surface area contributed by atoms with Gasteiger partial charge in [0.05, 0.1) is 12.8 Å². The molecule has 0 aliphatic carbocycles. The number of hydrogen-bond donors (Lipinski definition) is 1. The minimum atomic E-state index is -4.38. The van der Waals surface area contributed by atoms with E-state index in [2.05, 4.69) is 15.4 Å². The molecule has 1 fully saturated rings. The van der Waals surface area contributed by atoms with Gasteiger partial charge in [0, 0.05) is 38.3 Å². The highest BCUT2D eigenvalue weighted by atomic mass is 19.4. The zero-order chi connectivity index (χ0) is 27.1. The van der Waals surface area contributed by atoms with Gasteiger partial charge in [-0.25, -0.2) is 0 Å². The van der Waals surface area contributed by atoms with Crippen molar-refractivity contribution in [2.75, 3.05) is 57.9 Å². The number of halogens is 3. The van der Waals surface area contributed by atoms with Gasteiger partial charge in [-0.15, -0.1) is 0 Å². The van der Waals surface area contributed by atoms with E-state index in [4.69, 9.17) is 14.0 Å². The monoisotopic (exact) mass is 532 g/mol. The van der Waals surface area contributed by atoms with E-state index < -0.39 is 12.8 Å². The Morgan fingerprint density at radius 2 is 1.79 bits per heavy atom. The van der Waals surface area contributed by atoms with Crippen LogP contribution in [0, 0.1) is 6.92 Å². The van der Waals surface area contributed by atoms with E-state index in [1.54, 1.807) is 50.4 Å². The molecule has 3 aromatic rings. The molecule has 2 heterocycles. The topological polar surface area (TPSA) is 80.1 Å². The van der Waals surface area contributed by atoms with Crippen LogP contribution in [-0.2, 0) is 0 Å². The molecule has 204 valence electrons. The van der Waals surface area contributed by atoms with E-state index in [9.17, 15) is 18.0 Å². The summed E-state index contributed by atoms with van der Waals surface area (Å²) < 4.78 is 53.3. The molecule has 0 spiro atoms. The molecule has 4 rings (SSSR count). The van der Waals surface area contributed by atoms with Crippen molar-refractivity contribution in [3.05, 3.63) is 59.9 Å². The normalized spacial score (nSPS) is 14.4. The molecule has 0 unspecified atom stereocenters. The molecule has 0 radical (unpaired) electrons. The molecule has 0 atom stereocenters. The van der Waals surface area contributed by atoms with E-state index in [1.165, 1.54) is 0 Å². The molecule has 1 amide bonds. The molecule has 2 aromatic carbocycles. The summed E-state index contributed by atoms with van der Waals surface area (Å²) in [6, 6.07) is 14.1. The van der Waals surface area contributed by atoms with E-state index in [0.29, 0.717) is 48.1 Å². The smallest absolute Gasteiger partial charge is 0.422 e. The average Bonchev–Trinajstić information content (AvgIpc) is 3.31. The number of methoxy groups -OCH3 is 1. The van der Waals surface area contributed by atoms with Gasteiger partial charge in [-0.3, -0.25) is 9.69 Å². The third-order valence-corrected chi connectivity index (χ3v) is 6.36. The van der Waals surface area contributed by atoms with Gasteiger partial charge in [0.1, 0.15) is 28.5 Å². The van der Waals surface area contributed by atoms with Crippen LogP contribution in [0.15, 0.2) is 53.1 Å². The number of rotatable bonds is 10. The fourth-order valence-electron chi connectivity index (χ4n) is 4.39. The zero-order valence-corrected chi connectivity index (χ0v) is 21.4. The first-order valence-electron chi connectivity index (χ1n) is 12.4. The van der Waals surface area contributed by atoms with Gasteiger partial charge in [0.25, 0.3) is 5.91 Å². The minimum absolute atomic E-state index is 0.235. The Bertz CT molecular complexity index is 1210. The number of nitrogens with zero attached hydrogens (tertiary/aromatic N) is 3. The number of amides is 1. The lowest BCUT2D eigenvalue weighted by molar-refractivity contribution is -0.153. The molecule has 1 aliphatic rings.